The monoisotopic (exact) mass is 295 g/mol. The Bertz CT molecular complexity index is 458. The van der Waals surface area contributed by atoms with Gasteiger partial charge in [-0.15, -0.1) is 0 Å². The topological polar surface area (TPSA) is 74.2 Å². The van der Waals surface area contributed by atoms with Crippen LogP contribution in [0.4, 0.5) is 0 Å². The van der Waals surface area contributed by atoms with Crippen LogP contribution >= 0.6 is 0 Å². The Morgan fingerprint density at radius 3 is 2.38 bits per heavy atom. The summed E-state index contributed by atoms with van der Waals surface area (Å²) < 4.78 is 11.2. The Balaban J connectivity index is 2.15. The fourth-order valence-electron chi connectivity index (χ4n) is 3.03. The molecule has 0 spiro atoms. The van der Waals surface area contributed by atoms with Crippen LogP contribution < -0.4 is 5.73 Å². The van der Waals surface area contributed by atoms with Crippen LogP contribution in [0.3, 0.4) is 0 Å². The Labute approximate surface area is 127 Å². The van der Waals surface area contributed by atoms with Gasteiger partial charge in [-0.3, -0.25) is 0 Å². The number of hydrogen-bond donors (Lipinski definition) is 1. The van der Waals surface area contributed by atoms with Gasteiger partial charge in [-0.05, 0) is 43.4 Å². The van der Waals surface area contributed by atoms with E-state index in [0.29, 0.717) is 23.0 Å². The molecule has 1 unspecified atom stereocenters. The summed E-state index contributed by atoms with van der Waals surface area (Å²) >= 11 is 0. The van der Waals surface area contributed by atoms with E-state index in [0.717, 1.165) is 32.1 Å². The zero-order valence-corrected chi connectivity index (χ0v) is 14.0. The summed E-state index contributed by atoms with van der Waals surface area (Å²) in [6.07, 6.45) is 4.89. The van der Waals surface area contributed by atoms with Crippen molar-refractivity contribution in [2.45, 2.75) is 71.4 Å². The van der Waals surface area contributed by atoms with Crippen molar-refractivity contribution in [3.8, 4) is 0 Å². The Kier molecular flexibility index (Phi) is 4.73. The van der Waals surface area contributed by atoms with Gasteiger partial charge >= 0.3 is 0 Å². The largest absolute Gasteiger partial charge is 0.370 e. The first-order valence-electron chi connectivity index (χ1n) is 7.93. The minimum atomic E-state index is -0.408. The van der Waals surface area contributed by atoms with E-state index in [2.05, 4.69) is 37.8 Å². The molecule has 2 rings (SSSR count). The maximum Gasteiger partial charge on any atom is 0.243 e. The van der Waals surface area contributed by atoms with Crippen molar-refractivity contribution in [1.29, 1.82) is 0 Å². The van der Waals surface area contributed by atoms with E-state index in [9.17, 15) is 0 Å². The highest BCUT2D eigenvalue weighted by molar-refractivity contribution is 5.06. The van der Waals surface area contributed by atoms with E-state index >= 15 is 0 Å². The Hall–Kier alpha value is -0.940. The lowest BCUT2D eigenvalue weighted by Gasteiger charge is -2.40. The quantitative estimate of drug-likeness (QED) is 0.899. The van der Waals surface area contributed by atoms with Gasteiger partial charge in [0.05, 0.1) is 6.04 Å². The van der Waals surface area contributed by atoms with Crippen LogP contribution in [0.25, 0.3) is 0 Å². The molecule has 1 aliphatic carbocycles. The third kappa shape index (κ3) is 3.64. The van der Waals surface area contributed by atoms with Crippen molar-refractivity contribution in [1.82, 2.24) is 10.1 Å². The Morgan fingerprint density at radius 2 is 1.86 bits per heavy atom. The minimum absolute atomic E-state index is 0.194. The number of methoxy groups -OCH3 is 1. The van der Waals surface area contributed by atoms with Crippen molar-refractivity contribution in [2.75, 3.05) is 7.11 Å². The molecule has 1 aromatic rings. The van der Waals surface area contributed by atoms with Crippen molar-refractivity contribution >= 4 is 0 Å². The molecule has 0 aliphatic heterocycles. The zero-order valence-electron chi connectivity index (χ0n) is 14.0. The Morgan fingerprint density at radius 1 is 1.24 bits per heavy atom. The van der Waals surface area contributed by atoms with Gasteiger partial charge in [0.25, 0.3) is 0 Å². The van der Waals surface area contributed by atoms with Gasteiger partial charge in [-0.25, -0.2) is 0 Å². The minimum Gasteiger partial charge on any atom is -0.370 e. The van der Waals surface area contributed by atoms with E-state index in [4.69, 9.17) is 15.0 Å². The average Bonchev–Trinajstić information content (AvgIpc) is 2.89. The molecule has 0 amide bonds. The fourth-order valence-corrected chi connectivity index (χ4v) is 3.03. The molecule has 0 aromatic carbocycles. The summed E-state index contributed by atoms with van der Waals surface area (Å²) in [5.41, 5.74) is 6.09. The fraction of sp³-hybridized carbons (Fsp3) is 0.875. The summed E-state index contributed by atoms with van der Waals surface area (Å²) in [7, 11) is 1.74. The molecule has 21 heavy (non-hydrogen) atoms. The average molecular weight is 295 g/mol. The molecular weight excluding hydrogens is 266 g/mol. The summed E-state index contributed by atoms with van der Waals surface area (Å²) in [5.74, 6) is 1.69. The van der Waals surface area contributed by atoms with Crippen LogP contribution in [0, 0.1) is 11.3 Å². The number of hydrogen-bond acceptors (Lipinski definition) is 5. The second-order valence-electron chi connectivity index (χ2n) is 7.55. The molecule has 120 valence electrons. The van der Waals surface area contributed by atoms with Crippen molar-refractivity contribution in [3.63, 3.8) is 0 Å². The number of nitrogens with zero attached hydrogens (tertiary/aromatic N) is 2. The van der Waals surface area contributed by atoms with E-state index in [1.54, 1.807) is 7.11 Å². The maximum atomic E-state index is 6.13. The second-order valence-corrected chi connectivity index (χ2v) is 7.55. The number of nitrogens with two attached hydrogens (primary N) is 1. The van der Waals surface area contributed by atoms with E-state index in [1.165, 1.54) is 0 Å². The molecule has 1 atom stereocenters. The van der Waals surface area contributed by atoms with Gasteiger partial charge in [-0.2, -0.15) is 4.98 Å². The predicted octanol–water partition coefficient (Wildman–Crippen LogP) is 3.56. The number of ether oxygens (including phenoxy) is 1. The van der Waals surface area contributed by atoms with E-state index < -0.39 is 5.60 Å². The molecule has 0 bridgehead atoms. The molecule has 1 saturated carbocycles. The van der Waals surface area contributed by atoms with Crippen molar-refractivity contribution in [3.05, 3.63) is 11.7 Å². The van der Waals surface area contributed by atoms with Gasteiger partial charge in [0.2, 0.25) is 11.7 Å². The van der Waals surface area contributed by atoms with Gasteiger partial charge in [0.15, 0.2) is 0 Å². The highest BCUT2D eigenvalue weighted by Gasteiger charge is 2.43. The van der Waals surface area contributed by atoms with Crippen LogP contribution in [0.5, 0.6) is 0 Å². The van der Waals surface area contributed by atoms with E-state index in [1.807, 2.05) is 0 Å². The van der Waals surface area contributed by atoms with Crippen molar-refractivity contribution < 1.29 is 9.26 Å². The summed E-state index contributed by atoms with van der Waals surface area (Å²) in [6.45, 7) is 8.87. The molecule has 1 aromatic heterocycles. The predicted molar refractivity (Wildman–Crippen MR) is 81.6 cm³/mol. The standard InChI is InChI=1S/C16H29N3O2/c1-11(2)10-12(17)13-18-14(19-21-13)16(20-5)8-6-15(3,4)7-9-16/h11-12H,6-10,17H2,1-5H3. The van der Waals surface area contributed by atoms with Crippen LogP contribution in [0.15, 0.2) is 4.52 Å². The number of aromatic nitrogens is 2. The van der Waals surface area contributed by atoms with Crippen LogP contribution in [0.1, 0.15) is 77.6 Å². The van der Waals surface area contributed by atoms with Crippen LogP contribution in [-0.4, -0.2) is 17.3 Å². The summed E-state index contributed by atoms with van der Waals surface area (Å²) in [4.78, 5) is 4.55. The lowest BCUT2D eigenvalue weighted by Crippen LogP contribution is -2.37. The first-order chi connectivity index (χ1) is 9.78. The summed E-state index contributed by atoms with van der Waals surface area (Å²) in [6, 6.07) is -0.194. The first kappa shape index (κ1) is 16.4. The molecule has 5 heteroatoms. The van der Waals surface area contributed by atoms with Crippen LogP contribution in [-0.2, 0) is 10.3 Å². The molecule has 0 saturated heterocycles. The van der Waals surface area contributed by atoms with Crippen LogP contribution in [0.2, 0.25) is 0 Å². The third-order valence-corrected chi connectivity index (χ3v) is 4.69. The van der Waals surface area contributed by atoms with E-state index in [-0.39, 0.29) is 6.04 Å². The van der Waals surface area contributed by atoms with Gasteiger partial charge in [0, 0.05) is 7.11 Å². The van der Waals surface area contributed by atoms with Gasteiger partial charge in [0.1, 0.15) is 5.60 Å². The van der Waals surface area contributed by atoms with Gasteiger partial charge < -0.3 is 15.0 Å². The smallest absolute Gasteiger partial charge is 0.243 e. The zero-order chi connectivity index (χ0) is 15.7. The highest BCUT2D eigenvalue weighted by Crippen LogP contribution is 2.46. The molecule has 2 N–H and O–H groups in total. The molecule has 1 aliphatic rings. The SMILES string of the molecule is COC1(c2noc(C(N)CC(C)C)n2)CCC(C)(C)CC1. The molecular formula is C16H29N3O2. The van der Waals surface area contributed by atoms with Crippen molar-refractivity contribution in [2.24, 2.45) is 17.1 Å². The molecule has 0 radical (unpaired) electrons. The lowest BCUT2D eigenvalue weighted by atomic mass is 9.70. The third-order valence-electron chi connectivity index (χ3n) is 4.69. The normalized spacial score (nSPS) is 22.4. The maximum absolute atomic E-state index is 6.13. The number of rotatable bonds is 5. The summed E-state index contributed by atoms with van der Waals surface area (Å²) in [5, 5.41) is 4.17. The molecule has 1 heterocycles. The lowest BCUT2D eigenvalue weighted by molar-refractivity contribution is -0.0740. The second kappa shape index (κ2) is 6.05. The molecule has 1 fully saturated rings. The van der Waals surface area contributed by atoms with Gasteiger partial charge in [-0.1, -0.05) is 32.9 Å². The highest BCUT2D eigenvalue weighted by atomic mass is 16.5. The molecule has 5 nitrogen and oxygen atoms in total. The first-order valence-corrected chi connectivity index (χ1v) is 7.93.